The fourth-order valence-corrected chi connectivity index (χ4v) is 1.09. The topological polar surface area (TPSA) is 62.3 Å². The van der Waals surface area contributed by atoms with Crippen LogP contribution in [0.1, 0.15) is 5.56 Å². The van der Waals surface area contributed by atoms with Crippen molar-refractivity contribution in [2.75, 3.05) is 14.2 Å². The highest BCUT2D eigenvalue weighted by atomic mass is 16.5. The molecule has 4 nitrogen and oxygen atoms in total. The van der Waals surface area contributed by atoms with Gasteiger partial charge in [0.25, 0.3) is 0 Å². The maximum absolute atomic E-state index is 7.21. The summed E-state index contributed by atoms with van der Waals surface area (Å²) in [4.78, 5) is 1.67. The molecule has 4 heteroatoms. The zero-order chi connectivity index (χ0) is 10.6. The molecule has 0 saturated heterocycles. The fraction of sp³-hybridized carbons (Fsp3) is 0.300. The highest BCUT2D eigenvalue weighted by Crippen LogP contribution is 2.12. The molecule has 0 heterocycles. The number of methoxy groups -OCH3 is 1. The Morgan fingerprint density at radius 2 is 2.00 bits per heavy atom. The van der Waals surface area contributed by atoms with Crippen molar-refractivity contribution in [3.63, 3.8) is 0 Å². The first kappa shape index (κ1) is 10.4. The van der Waals surface area contributed by atoms with E-state index in [0.717, 1.165) is 11.3 Å². The first-order chi connectivity index (χ1) is 6.63. The highest BCUT2D eigenvalue weighted by molar-refractivity contribution is 5.74. The summed E-state index contributed by atoms with van der Waals surface area (Å²) in [5.41, 5.74) is 6.42. The van der Waals surface area contributed by atoms with Gasteiger partial charge in [0.2, 0.25) is 0 Å². The molecule has 0 fully saturated rings. The lowest BCUT2D eigenvalue weighted by Gasteiger charge is -2.16. The first-order valence-electron chi connectivity index (χ1n) is 4.31. The van der Waals surface area contributed by atoms with E-state index in [1.54, 1.807) is 19.1 Å². The molecular weight excluding hydrogens is 178 g/mol. The summed E-state index contributed by atoms with van der Waals surface area (Å²) in [6, 6.07) is 7.70. The van der Waals surface area contributed by atoms with Gasteiger partial charge in [-0.15, -0.1) is 0 Å². The summed E-state index contributed by atoms with van der Waals surface area (Å²) < 4.78 is 5.04. The Morgan fingerprint density at radius 3 is 2.43 bits per heavy atom. The number of guanidine groups is 1. The Balaban J connectivity index is 2.64. The molecule has 0 aliphatic rings. The Kier molecular flexibility index (Phi) is 3.34. The number of hydrogen-bond donors (Lipinski definition) is 2. The quantitative estimate of drug-likeness (QED) is 0.556. The number of nitrogens with one attached hydrogen (secondary N) is 1. The molecule has 0 spiro atoms. The average Bonchev–Trinajstić information content (AvgIpc) is 2.19. The van der Waals surface area contributed by atoms with Crippen LogP contribution in [-0.4, -0.2) is 25.0 Å². The van der Waals surface area contributed by atoms with Crippen LogP contribution in [0.15, 0.2) is 24.3 Å². The van der Waals surface area contributed by atoms with Crippen molar-refractivity contribution >= 4 is 5.96 Å². The Morgan fingerprint density at radius 1 is 1.43 bits per heavy atom. The van der Waals surface area contributed by atoms with E-state index >= 15 is 0 Å². The van der Waals surface area contributed by atoms with E-state index in [1.165, 1.54) is 0 Å². The summed E-state index contributed by atoms with van der Waals surface area (Å²) in [7, 11) is 3.42. The molecule has 0 unspecified atom stereocenters. The zero-order valence-corrected chi connectivity index (χ0v) is 8.45. The van der Waals surface area contributed by atoms with E-state index in [2.05, 4.69) is 0 Å². The van der Waals surface area contributed by atoms with Gasteiger partial charge in [-0.05, 0) is 17.7 Å². The van der Waals surface area contributed by atoms with E-state index in [9.17, 15) is 0 Å². The minimum absolute atomic E-state index is 0.0702. The smallest absolute Gasteiger partial charge is 0.188 e. The summed E-state index contributed by atoms with van der Waals surface area (Å²) in [6.45, 7) is 0.638. The first-order valence-corrected chi connectivity index (χ1v) is 4.31. The summed E-state index contributed by atoms with van der Waals surface area (Å²) in [5, 5.41) is 7.21. The SMILES string of the molecule is COc1ccc(CN(C)C(=N)N)cc1. The monoisotopic (exact) mass is 193 g/mol. The maximum atomic E-state index is 7.21. The lowest BCUT2D eigenvalue weighted by atomic mass is 10.2. The van der Waals surface area contributed by atoms with Crippen LogP contribution in [-0.2, 0) is 6.54 Å². The number of hydrogen-bond acceptors (Lipinski definition) is 2. The van der Waals surface area contributed by atoms with Crippen molar-refractivity contribution in [2.45, 2.75) is 6.54 Å². The van der Waals surface area contributed by atoms with Crippen LogP contribution < -0.4 is 10.5 Å². The molecule has 1 aromatic rings. The van der Waals surface area contributed by atoms with Crippen LogP contribution in [0.2, 0.25) is 0 Å². The molecule has 14 heavy (non-hydrogen) atoms. The van der Waals surface area contributed by atoms with Gasteiger partial charge >= 0.3 is 0 Å². The molecule has 0 atom stereocenters. The van der Waals surface area contributed by atoms with Crippen LogP contribution in [0.4, 0.5) is 0 Å². The molecule has 0 bridgehead atoms. The van der Waals surface area contributed by atoms with Crippen LogP contribution in [0.3, 0.4) is 0 Å². The molecule has 0 aromatic heterocycles. The van der Waals surface area contributed by atoms with Crippen LogP contribution in [0, 0.1) is 5.41 Å². The van der Waals surface area contributed by atoms with Crippen molar-refractivity contribution in [2.24, 2.45) is 5.73 Å². The second-order valence-electron chi connectivity index (χ2n) is 3.09. The van der Waals surface area contributed by atoms with Gasteiger partial charge in [0.15, 0.2) is 5.96 Å². The normalized spacial score (nSPS) is 9.57. The molecule has 1 aromatic carbocycles. The van der Waals surface area contributed by atoms with E-state index < -0.39 is 0 Å². The molecule has 1 rings (SSSR count). The number of rotatable bonds is 3. The third kappa shape index (κ3) is 2.65. The standard InChI is InChI=1S/C10H15N3O/c1-13(10(11)12)7-8-3-5-9(14-2)6-4-8/h3-6H,7H2,1-2H3,(H3,11,12). The van der Waals surface area contributed by atoms with Crippen LogP contribution >= 0.6 is 0 Å². The van der Waals surface area contributed by atoms with E-state index in [-0.39, 0.29) is 5.96 Å². The predicted molar refractivity (Wildman–Crippen MR) is 56.4 cm³/mol. The summed E-state index contributed by atoms with van der Waals surface area (Å²) in [6.07, 6.45) is 0. The number of ether oxygens (including phenoxy) is 1. The lowest BCUT2D eigenvalue weighted by Crippen LogP contribution is -2.32. The second-order valence-corrected chi connectivity index (χ2v) is 3.09. The van der Waals surface area contributed by atoms with Gasteiger partial charge in [-0.1, -0.05) is 12.1 Å². The average molecular weight is 193 g/mol. The van der Waals surface area contributed by atoms with E-state index in [1.807, 2.05) is 24.3 Å². The van der Waals surface area contributed by atoms with Crippen molar-refractivity contribution in [1.29, 1.82) is 5.41 Å². The van der Waals surface area contributed by atoms with Crippen molar-refractivity contribution in [1.82, 2.24) is 4.90 Å². The van der Waals surface area contributed by atoms with Gasteiger partial charge in [0.05, 0.1) is 7.11 Å². The Labute approximate surface area is 83.8 Å². The molecule has 0 radical (unpaired) electrons. The van der Waals surface area contributed by atoms with E-state index in [0.29, 0.717) is 6.54 Å². The Bertz CT molecular complexity index is 308. The predicted octanol–water partition coefficient (Wildman–Crippen LogP) is 1.02. The van der Waals surface area contributed by atoms with Crippen LogP contribution in [0.5, 0.6) is 5.75 Å². The molecule has 0 aliphatic heterocycles. The molecule has 76 valence electrons. The van der Waals surface area contributed by atoms with Gasteiger partial charge < -0.3 is 15.4 Å². The molecule has 0 saturated carbocycles. The van der Waals surface area contributed by atoms with Crippen molar-refractivity contribution < 1.29 is 4.74 Å². The Hall–Kier alpha value is -1.71. The third-order valence-corrected chi connectivity index (χ3v) is 1.99. The summed E-state index contributed by atoms with van der Waals surface area (Å²) in [5.74, 6) is 0.903. The van der Waals surface area contributed by atoms with Gasteiger partial charge in [-0.25, -0.2) is 0 Å². The third-order valence-electron chi connectivity index (χ3n) is 1.99. The van der Waals surface area contributed by atoms with Gasteiger partial charge in [-0.3, -0.25) is 5.41 Å². The molecule has 0 aliphatic carbocycles. The second kappa shape index (κ2) is 4.50. The number of nitrogens with zero attached hydrogens (tertiary/aromatic N) is 1. The van der Waals surface area contributed by atoms with Crippen molar-refractivity contribution in [3.8, 4) is 5.75 Å². The highest BCUT2D eigenvalue weighted by Gasteiger charge is 2.00. The van der Waals surface area contributed by atoms with E-state index in [4.69, 9.17) is 15.9 Å². The minimum Gasteiger partial charge on any atom is -0.497 e. The van der Waals surface area contributed by atoms with Gasteiger partial charge in [0, 0.05) is 13.6 Å². The largest absolute Gasteiger partial charge is 0.497 e. The van der Waals surface area contributed by atoms with Crippen molar-refractivity contribution in [3.05, 3.63) is 29.8 Å². The molecule has 3 N–H and O–H groups in total. The summed E-state index contributed by atoms with van der Waals surface area (Å²) >= 11 is 0. The molecule has 0 amide bonds. The maximum Gasteiger partial charge on any atom is 0.188 e. The van der Waals surface area contributed by atoms with Gasteiger partial charge in [-0.2, -0.15) is 0 Å². The van der Waals surface area contributed by atoms with Crippen LogP contribution in [0.25, 0.3) is 0 Å². The fourth-order valence-electron chi connectivity index (χ4n) is 1.09. The zero-order valence-electron chi connectivity index (χ0n) is 8.45. The lowest BCUT2D eigenvalue weighted by molar-refractivity contribution is 0.414. The number of nitrogens with two attached hydrogens (primary N) is 1. The number of benzene rings is 1. The minimum atomic E-state index is 0.0702. The van der Waals surface area contributed by atoms with Gasteiger partial charge in [0.1, 0.15) is 5.75 Å². The molecular formula is C10H15N3O.